The molecule has 3 rings (SSSR count). The molecule has 0 saturated carbocycles. The Labute approximate surface area is 129 Å². The highest BCUT2D eigenvalue weighted by atomic mass is 16.1. The van der Waals surface area contributed by atoms with Gasteiger partial charge in [-0.2, -0.15) is 0 Å². The van der Waals surface area contributed by atoms with E-state index in [4.69, 9.17) is 0 Å². The van der Waals surface area contributed by atoms with Gasteiger partial charge in [0.25, 0.3) is 5.91 Å². The van der Waals surface area contributed by atoms with E-state index < -0.39 is 0 Å². The topological polar surface area (TPSA) is 46.9 Å². The maximum absolute atomic E-state index is 12.6. The van der Waals surface area contributed by atoms with Crippen LogP contribution in [0.1, 0.15) is 21.6 Å². The van der Waals surface area contributed by atoms with E-state index in [0.717, 1.165) is 22.5 Å². The van der Waals surface area contributed by atoms with E-state index >= 15 is 0 Å². The molecule has 0 spiro atoms. The van der Waals surface area contributed by atoms with Crippen molar-refractivity contribution in [2.75, 3.05) is 5.32 Å². The van der Waals surface area contributed by atoms with Crippen LogP contribution in [-0.4, -0.2) is 15.5 Å². The largest absolute Gasteiger partial charge is 0.320 e. The van der Waals surface area contributed by atoms with Crippen LogP contribution in [0.4, 0.5) is 5.69 Å². The summed E-state index contributed by atoms with van der Waals surface area (Å²) in [5, 5.41) is 2.98. The zero-order valence-corrected chi connectivity index (χ0v) is 12.6. The van der Waals surface area contributed by atoms with Crippen molar-refractivity contribution in [1.29, 1.82) is 0 Å². The number of rotatable bonds is 3. The fraction of sp³-hybridized carbons (Fsp3) is 0.111. The molecule has 1 aromatic carbocycles. The second kappa shape index (κ2) is 5.85. The highest BCUT2D eigenvalue weighted by Gasteiger charge is 2.13. The van der Waals surface area contributed by atoms with Gasteiger partial charge in [-0.25, -0.2) is 0 Å². The fourth-order valence-corrected chi connectivity index (χ4v) is 2.36. The molecule has 0 radical (unpaired) electrons. The molecule has 0 aliphatic rings. The molecule has 22 heavy (non-hydrogen) atoms. The van der Waals surface area contributed by atoms with Gasteiger partial charge in [-0.1, -0.05) is 12.1 Å². The molecule has 0 saturated heterocycles. The third-order valence-electron chi connectivity index (χ3n) is 3.76. The van der Waals surface area contributed by atoms with Crippen molar-refractivity contribution >= 4 is 11.6 Å². The maximum atomic E-state index is 12.6. The summed E-state index contributed by atoms with van der Waals surface area (Å²) in [5.41, 5.74) is 4.51. The van der Waals surface area contributed by atoms with Crippen molar-refractivity contribution in [2.24, 2.45) is 0 Å². The Morgan fingerprint density at radius 2 is 1.95 bits per heavy atom. The highest BCUT2D eigenvalue weighted by molar-refractivity contribution is 6.04. The molecule has 0 fully saturated rings. The molecule has 0 bridgehead atoms. The Kier molecular flexibility index (Phi) is 3.74. The smallest absolute Gasteiger partial charge is 0.272 e. The normalized spacial score (nSPS) is 10.5. The third kappa shape index (κ3) is 2.63. The molecule has 4 nitrogen and oxygen atoms in total. The molecule has 2 heterocycles. The van der Waals surface area contributed by atoms with Gasteiger partial charge < -0.3 is 9.88 Å². The summed E-state index contributed by atoms with van der Waals surface area (Å²) in [6, 6.07) is 13.3. The zero-order valence-electron chi connectivity index (χ0n) is 12.6. The van der Waals surface area contributed by atoms with Crippen LogP contribution in [0.15, 0.2) is 61.1 Å². The first-order chi connectivity index (χ1) is 10.7. The van der Waals surface area contributed by atoms with Gasteiger partial charge in [0.05, 0.1) is 11.9 Å². The standard InChI is InChI=1S/C18H17N3O/c1-13-6-3-8-16(14(13)2)20-18(22)17-9-5-11-21(17)15-7-4-10-19-12-15/h3-12H,1-2H3,(H,20,22). The number of carbonyl (C=O) groups is 1. The number of aryl methyl sites for hydroxylation is 1. The number of carbonyl (C=O) groups excluding carboxylic acids is 1. The van der Waals surface area contributed by atoms with E-state index in [9.17, 15) is 4.79 Å². The molecule has 110 valence electrons. The van der Waals surface area contributed by atoms with Crippen LogP contribution in [0, 0.1) is 13.8 Å². The van der Waals surface area contributed by atoms with Gasteiger partial charge >= 0.3 is 0 Å². The summed E-state index contributed by atoms with van der Waals surface area (Å²) in [4.78, 5) is 16.7. The molecule has 2 aromatic heterocycles. The number of nitrogens with zero attached hydrogens (tertiary/aromatic N) is 2. The number of amides is 1. The Hall–Kier alpha value is -2.88. The Morgan fingerprint density at radius 1 is 1.09 bits per heavy atom. The van der Waals surface area contributed by atoms with E-state index in [2.05, 4.69) is 10.3 Å². The average molecular weight is 291 g/mol. The number of hydrogen-bond acceptors (Lipinski definition) is 2. The average Bonchev–Trinajstić information content (AvgIpc) is 3.02. The van der Waals surface area contributed by atoms with Gasteiger partial charge in [0.15, 0.2) is 0 Å². The molecule has 4 heteroatoms. The maximum Gasteiger partial charge on any atom is 0.272 e. The highest BCUT2D eigenvalue weighted by Crippen LogP contribution is 2.20. The predicted octanol–water partition coefficient (Wildman–Crippen LogP) is 3.74. The molecule has 1 N–H and O–H groups in total. The summed E-state index contributed by atoms with van der Waals surface area (Å²) in [5.74, 6) is -0.137. The van der Waals surface area contributed by atoms with Crippen LogP contribution in [0.2, 0.25) is 0 Å². The summed E-state index contributed by atoms with van der Waals surface area (Å²) in [6.07, 6.45) is 5.30. The molecule has 3 aromatic rings. The van der Waals surface area contributed by atoms with Gasteiger partial charge in [0, 0.05) is 18.1 Å². The Bertz CT molecular complexity index is 806. The molecular formula is C18H17N3O. The van der Waals surface area contributed by atoms with Crippen molar-refractivity contribution in [3.05, 3.63) is 77.9 Å². The zero-order chi connectivity index (χ0) is 15.5. The van der Waals surface area contributed by atoms with E-state index in [1.165, 1.54) is 0 Å². The van der Waals surface area contributed by atoms with Gasteiger partial charge in [-0.15, -0.1) is 0 Å². The van der Waals surface area contributed by atoms with Crippen LogP contribution in [0.5, 0.6) is 0 Å². The summed E-state index contributed by atoms with van der Waals surface area (Å²) in [7, 11) is 0. The lowest BCUT2D eigenvalue weighted by Crippen LogP contribution is -2.17. The number of pyridine rings is 1. The second-order valence-corrected chi connectivity index (χ2v) is 5.18. The van der Waals surface area contributed by atoms with Crippen LogP contribution in [0.25, 0.3) is 5.69 Å². The van der Waals surface area contributed by atoms with Crippen molar-refractivity contribution in [1.82, 2.24) is 9.55 Å². The number of aromatic nitrogens is 2. The minimum Gasteiger partial charge on any atom is -0.320 e. The lowest BCUT2D eigenvalue weighted by atomic mass is 10.1. The third-order valence-corrected chi connectivity index (χ3v) is 3.76. The quantitative estimate of drug-likeness (QED) is 0.799. The molecule has 1 amide bonds. The SMILES string of the molecule is Cc1cccc(NC(=O)c2cccn2-c2cccnc2)c1C. The Balaban J connectivity index is 1.91. The minimum atomic E-state index is -0.137. The van der Waals surface area contributed by atoms with Crippen molar-refractivity contribution in [3.8, 4) is 5.69 Å². The van der Waals surface area contributed by atoms with E-state index in [0.29, 0.717) is 5.69 Å². The molecule has 0 unspecified atom stereocenters. The first kappa shape index (κ1) is 14.1. The Morgan fingerprint density at radius 3 is 2.73 bits per heavy atom. The van der Waals surface area contributed by atoms with Gasteiger partial charge in [-0.3, -0.25) is 9.78 Å². The summed E-state index contributed by atoms with van der Waals surface area (Å²) < 4.78 is 1.83. The van der Waals surface area contributed by atoms with Crippen LogP contribution in [0.3, 0.4) is 0 Å². The lowest BCUT2D eigenvalue weighted by Gasteiger charge is -2.12. The van der Waals surface area contributed by atoms with Gasteiger partial charge in [-0.05, 0) is 55.3 Å². The van der Waals surface area contributed by atoms with Crippen molar-refractivity contribution in [2.45, 2.75) is 13.8 Å². The molecule has 0 aliphatic carbocycles. The van der Waals surface area contributed by atoms with Crippen molar-refractivity contribution in [3.63, 3.8) is 0 Å². The minimum absolute atomic E-state index is 0.137. The van der Waals surface area contributed by atoms with Gasteiger partial charge in [0.1, 0.15) is 5.69 Å². The number of nitrogens with one attached hydrogen (secondary N) is 1. The van der Waals surface area contributed by atoms with E-state index in [1.54, 1.807) is 18.5 Å². The van der Waals surface area contributed by atoms with Crippen LogP contribution in [-0.2, 0) is 0 Å². The van der Waals surface area contributed by atoms with E-state index in [1.807, 2.05) is 61.0 Å². The molecule has 0 atom stereocenters. The first-order valence-electron chi connectivity index (χ1n) is 7.12. The first-order valence-corrected chi connectivity index (χ1v) is 7.12. The number of benzene rings is 1. The second-order valence-electron chi connectivity index (χ2n) is 5.18. The van der Waals surface area contributed by atoms with Gasteiger partial charge in [0.2, 0.25) is 0 Å². The summed E-state index contributed by atoms with van der Waals surface area (Å²) >= 11 is 0. The number of anilines is 1. The van der Waals surface area contributed by atoms with E-state index in [-0.39, 0.29) is 5.91 Å². The lowest BCUT2D eigenvalue weighted by molar-refractivity contribution is 0.102. The summed E-state index contributed by atoms with van der Waals surface area (Å²) in [6.45, 7) is 4.04. The molecular weight excluding hydrogens is 274 g/mol. The molecule has 0 aliphatic heterocycles. The van der Waals surface area contributed by atoms with Crippen molar-refractivity contribution < 1.29 is 4.79 Å². The fourth-order valence-electron chi connectivity index (χ4n) is 2.36. The number of hydrogen-bond donors (Lipinski definition) is 1. The van der Waals surface area contributed by atoms with Crippen LogP contribution >= 0.6 is 0 Å². The predicted molar refractivity (Wildman–Crippen MR) is 87.4 cm³/mol. The monoisotopic (exact) mass is 291 g/mol. The van der Waals surface area contributed by atoms with Crippen LogP contribution < -0.4 is 5.32 Å².